The van der Waals surface area contributed by atoms with Gasteiger partial charge >= 0.3 is 5.69 Å². The Bertz CT molecular complexity index is 682. The summed E-state index contributed by atoms with van der Waals surface area (Å²) in [5.41, 5.74) is 0.592. The van der Waals surface area contributed by atoms with E-state index in [-0.39, 0.29) is 22.6 Å². The average molecular weight is 353 g/mol. The molecule has 110 valence electrons. The normalized spacial score (nSPS) is 20.9. The minimum Gasteiger partial charge on any atom is -0.425 e. The number of nitro benzene ring substituents is 1. The summed E-state index contributed by atoms with van der Waals surface area (Å²) in [4.78, 5) is 10.7. The molecule has 0 bridgehead atoms. The molecule has 1 saturated carbocycles. The lowest BCUT2D eigenvalue weighted by Crippen LogP contribution is -2.34. The van der Waals surface area contributed by atoms with Crippen LogP contribution in [0.2, 0.25) is 0 Å². The van der Waals surface area contributed by atoms with E-state index in [9.17, 15) is 10.1 Å². The van der Waals surface area contributed by atoms with Crippen LogP contribution in [0.15, 0.2) is 27.1 Å². The van der Waals surface area contributed by atoms with Crippen LogP contribution < -0.4 is 5.32 Å². The third-order valence-corrected chi connectivity index (χ3v) is 4.20. The van der Waals surface area contributed by atoms with Gasteiger partial charge in [-0.25, -0.2) is 0 Å². The average Bonchev–Trinajstić information content (AvgIpc) is 2.79. The fourth-order valence-electron chi connectivity index (χ4n) is 2.45. The van der Waals surface area contributed by atoms with Crippen LogP contribution in [0.3, 0.4) is 0 Å². The first kappa shape index (κ1) is 14.0. The highest BCUT2D eigenvalue weighted by atomic mass is 79.9. The second-order valence-corrected chi connectivity index (χ2v) is 5.92. The first-order valence-electron chi connectivity index (χ1n) is 6.54. The van der Waals surface area contributed by atoms with Gasteiger partial charge in [0.15, 0.2) is 0 Å². The molecule has 21 heavy (non-hydrogen) atoms. The van der Waals surface area contributed by atoms with E-state index in [1.165, 1.54) is 0 Å². The standard InChI is InChI=1S/C13H13BrN4O3/c1-7-16-17-13(21-7)8-5-9(6-8)15-11-4-2-3-10(14)12(11)18(19)20/h2-4,8-9,15H,5-6H2,1H3. The first-order valence-corrected chi connectivity index (χ1v) is 7.33. The van der Waals surface area contributed by atoms with Crippen molar-refractivity contribution in [2.24, 2.45) is 0 Å². The molecule has 7 nitrogen and oxygen atoms in total. The maximum atomic E-state index is 11.1. The number of aromatic nitrogens is 2. The fourth-order valence-corrected chi connectivity index (χ4v) is 2.96. The Morgan fingerprint density at radius 1 is 1.43 bits per heavy atom. The largest absolute Gasteiger partial charge is 0.425 e. The number of halogens is 1. The van der Waals surface area contributed by atoms with Crippen LogP contribution in [-0.4, -0.2) is 21.2 Å². The van der Waals surface area contributed by atoms with E-state index in [4.69, 9.17) is 4.42 Å². The van der Waals surface area contributed by atoms with Gasteiger partial charge in [-0.3, -0.25) is 10.1 Å². The Balaban J connectivity index is 1.67. The number of hydrogen-bond donors (Lipinski definition) is 1. The molecule has 1 aliphatic carbocycles. The van der Waals surface area contributed by atoms with Gasteiger partial charge in [-0.1, -0.05) is 6.07 Å². The summed E-state index contributed by atoms with van der Waals surface area (Å²) < 4.78 is 5.87. The van der Waals surface area contributed by atoms with Crippen molar-refractivity contribution in [2.75, 3.05) is 5.32 Å². The van der Waals surface area contributed by atoms with Crippen molar-refractivity contribution in [1.29, 1.82) is 0 Å². The van der Waals surface area contributed by atoms with Crippen LogP contribution in [-0.2, 0) is 0 Å². The van der Waals surface area contributed by atoms with Gasteiger partial charge in [0.1, 0.15) is 5.69 Å². The minimum absolute atomic E-state index is 0.0644. The quantitative estimate of drug-likeness (QED) is 0.669. The van der Waals surface area contributed by atoms with E-state index in [0.717, 1.165) is 12.8 Å². The van der Waals surface area contributed by atoms with Crippen LogP contribution in [0.25, 0.3) is 0 Å². The van der Waals surface area contributed by atoms with E-state index >= 15 is 0 Å². The van der Waals surface area contributed by atoms with E-state index in [1.807, 2.05) is 0 Å². The molecule has 0 spiro atoms. The van der Waals surface area contributed by atoms with E-state index in [0.29, 0.717) is 21.9 Å². The maximum absolute atomic E-state index is 11.1. The second kappa shape index (κ2) is 5.44. The molecule has 8 heteroatoms. The number of nitrogens with one attached hydrogen (secondary N) is 1. The molecular weight excluding hydrogens is 340 g/mol. The lowest BCUT2D eigenvalue weighted by atomic mass is 9.80. The van der Waals surface area contributed by atoms with E-state index in [1.54, 1.807) is 25.1 Å². The number of rotatable bonds is 4. The predicted octanol–water partition coefficient (Wildman–Crippen LogP) is 3.41. The zero-order valence-corrected chi connectivity index (χ0v) is 12.8. The molecule has 0 saturated heterocycles. The van der Waals surface area contributed by atoms with Crippen molar-refractivity contribution >= 4 is 27.3 Å². The monoisotopic (exact) mass is 352 g/mol. The summed E-state index contributed by atoms with van der Waals surface area (Å²) in [5, 5.41) is 22.2. The third-order valence-electron chi connectivity index (χ3n) is 3.56. The summed E-state index contributed by atoms with van der Waals surface area (Å²) in [6.07, 6.45) is 1.65. The molecule has 3 rings (SSSR count). The van der Waals surface area contributed by atoms with Gasteiger partial charge in [-0.2, -0.15) is 0 Å². The molecule has 0 radical (unpaired) electrons. The molecule has 0 amide bonds. The molecule has 1 heterocycles. The van der Waals surface area contributed by atoms with Crippen molar-refractivity contribution in [3.8, 4) is 0 Å². The highest BCUT2D eigenvalue weighted by Crippen LogP contribution is 2.40. The number of hydrogen-bond acceptors (Lipinski definition) is 6. The highest BCUT2D eigenvalue weighted by molar-refractivity contribution is 9.10. The topological polar surface area (TPSA) is 94.1 Å². The van der Waals surface area contributed by atoms with Crippen molar-refractivity contribution in [3.05, 3.63) is 44.6 Å². The van der Waals surface area contributed by atoms with Crippen LogP contribution in [0.1, 0.15) is 30.5 Å². The number of nitrogens with zero attached hydrogens (tertiary/aromatic N) is 3. The molecule has 0 aliphatic heterocycles. The van der Waals surface area contributed by atoms with Gasteiger partial charge in [0, 0.05) is 18.9 Å². The summed E-state index contributed by atoms with van der Waals surface area (Å²) in [5.74, 6) is 1.44. The molecule has 1 fully saturated rings. The first-order chi connectivity index (χ1) is 10.0. The van der Waals surface area contributed by atoms with E-state index in [2.05, 4.69) is 31.4 Å². The number of para-hydroxylation sites is 1. The molecular formula is C13H13BrN4O3. The summed E-state index contributed by atoms with van der Waals surface area (Å²) in [7, 11) is 0. The highest BCUT2D eigenvalue weighted by Gasteiger charge is 2.35. The zero-order valence-electron chi connectivity index (χ0n) is 11.2. The molecule has 0 unspecified atom stereocenters. The lowest BCUT2D eigenvalue weighted by molar-refractivity contribution is -0.384. The number of aryl methyl sites for hydroxylation is 1. The SMILES string of the molecule is Cc1nnc(C2CC(Nc3cccc(Br)c3[N+](=O)[O-])C2)o1. The van der Waals surface area contributed by atoms with Crippen LogP contribution in [0.5, 0.6) is 0 Å². The van der Waals surface area contributed by atoms with Gasteiger partial charge in [0.25, 0.3) is 0 Å². The predicted molar refractivity (Wildman–Crippen MR) is 79.2 cm³/mol. The van der Waals surface area contributed by atoms with Crippen LogP contribution >= 0.6 is 15.9 Å². The van der Waals surface area contributed by atoms with E-state index < -0.39 is 0 Å². The van der Waals surface area contributed by atoms with Crippen molar-refractivity contribution < 1.29 is 9.34 Å². The summed E-state index contributed by atoms with van der Waals surface area (Å²) in [6.45, 7) is 1.76. The molecule has 1 aromatic carbocycles. The number of nitro groups is 1. The molecule has 1 aliphatic rings. The Labute approximate surface area is 129 Å². The van der Waals surface area contributed by atoms with Crippen molar-refractivity contribution in [1.82, 2.24) is 10.2 Å². The van der Waals surface area contributed by atoms with Crippen LogP contribution in [0.4, 0.5) is 11.4 Å². The Morgan fingerprint density at radius 3 is 2.81 bits per heavy atom. The smallest absolute Gasteiger partial charge is 0.306 e. The number of benzene rings is 1. The van der Waals surface area contributed by atoms with Crippen LogP contribution in [0, 0.1) is 17.0 Å². The summed E-state index contributed by atoms with van der Waals surface area (Å²) >= 11 is 3.21. The lowest BCUT2D eigenvalue weighted by Gasteiger charge is -2.34. The van der Waals surface area contributed by atoms with Gasteiger partial charge in [0.2, 0.25) is 11.8 Å². The Hall–Kier alpha value is -1.96. The molecule has 2 aromatic rings. The van der Waals surface area contributed by atoms with Gasteiger partial charge in [-0.05, 0) is 40.9 Å². The van der Waals surface area contributed by atoms with Crippen molar-refractivity contribution in [2.45, 2.75) is 31.7 Å². The minimum atomic E-state index is -0.385. The number of anilines is 1. The fraction of sp³-hybridized carbons (Fsp3) is 0.385. The third kappa shape index (κ3) is 2.76. The van der Waals surface area contributed by atoms with Gasteiger partial charge < -0.3 is 9.73 Å². The molecule has 1 aromatic heterocycles. The zero-order chi connectivity index (χ0) is 15.0. The van der Waals surface area contributed by atoms with Crippen molar-refractivity contribution in [3.63, 3.8) is 0 Å². The summed E-state index contributed by atoms with van der Waals surface area (Å²) in [6, 6.07) is 5.33. The molecule has 0 atom stereocenters. The molecule has 1 N–H and O–H groups in total. The second-order valence-electron chi connectivity index (χ2n) is 5.06. The Kier molecular flexibility index (Phi) is 3.62. The van der Waals surface area contributed by atoms with Gasteiger partial charge in [-0.15, -0.1) is 10.2 Å². The maximum Gasteiger partial charge on any atom is 0.306 e. The van der Waals surface area contributed by atoms with Gasteiger partial charge in [0.05, 0.1) is 9.40 Å². The Morgan fingerprint density at radius 2 is 2.19 bits per heavy atom.